The van der Waals surface area contributed by atoms with E-state index in [4.69, 9.17) is 0 Å². The van der Waals surface area contributed by atoms with Gasteiger partial charge in [-0.25, -0.2) is 0 Å². The molecule has 1 heteroatoms. The van der Waals surface area contributed by atoms with E-state index in [-0.39, 0.29) is 0 Å². The summed E-state index contributed by atoms with van der Waals surface area (Å²) in [6.07, 6.45) is 2.88. The van der Waals surface area contributed by atoms with E-state index in [2.05, 4.69) is 25.7 Å². The van der Waals surface area contributed by atoms with Crippen LogP contribution >= 0.6 is 0 Å². The third-order valence-electron chi connectivity index (χ3n) is 4.10. The number of rotatable bonds is 0. The first kappa shape index (κ1) is 12.0. The second-order valence-corrected chi connectivity index (χ2v) is 5.02. The molecule has 2 fully saturated rings. The van der Waals surface area contributed by atoms with Crippen LogP contribution < -0.4 is 0 Å². The van der Waals surface area contributed by atoms with Crippen LogP contribution in [0.4, 0.5) is 0 Å². The van der Waals surface area contributed by atoms with Crippen LogP contribution in [-0.2, 0) is 0 Å². The Morgan fingerprint density at radius 1 is 0.929 bits per heavy atom. The highest BCUT2D eigenvalue weighted by molar-refractivity contribution is 4.91. The second kappa shape index (κ2) is 5.16. The molecule has 0 aliphatic carbocycles. The van der Waals surface area contributed by atoms with Gasteiger partial charge in [0.05, 0.1) is 0 Å². The number of piperidine rings is 1. The Balaban J connectivity index is 0.000000461. The van der Waals surface area contributed by atoms with Crippen LogP contribution in [0.3, 0.4) is 0 Å². The van der Waals surface area contributed by atoms with Gasteiger partial charge in [0.15, 0.2) is 0 Å². The van der Waals surface area contributed by atoms with E-state index >= 15 is 0 Å². The van der Waals surface area contributed by atoms with Crippen molar-refractivity contribution < 1.29 is 0 Å². The summed E-state index contributed by atoms with van der Waals surface area (Å²) in [5.74, 6) is 2.83. The van der Waals surface area contributed by atoms with Crippen molar-refractivity contribution in [1.29, 1.82) is 0 Å². The molecule has 2 heterocycles. The highest BCUT2D eigenvalue weighted by Gasteiger charge is 2.37. The lowest BCUT2D eigenvalue weighted by Gasteiger charge is -2.39. The summed E-state index contributed by atoms with van der Waals surface area (Å²) >= 11 is 0. The van der Waals surface area contributed by atoms with Crippen LogP contribution in [0, 0.1) is 17.8 Å². The minimum Gasteiger partial charge on any atom is -0.300 e. The van der Waals surface area contributed by atoms with Crippen LogP contribution in [0.25, 0.3) is 0 Å². The topological polar surface area (TPSA) is 3.24 Å². The van der Waals surface area contributed by atoms with E-state index in [0.717, 1.165) is 23.8 Å². The Morgan fingerprint density at radius 2 is 1.57 bits per heavy atom. The maximum atomic E-state index is 2.72. The molecular formula is C13H27N. The summed E-state index contributed by atoms with van der Waals surface area (Å²) in [4.78, 5) is 2.72. The lowest BCUT2D eigenvalue weighted by atomic mass is 9.82. The summed E-state index contributed by atoms with van der Waals surface area (Å²) in [5.41, 5.74) is 0. The molecule has 0 aromatic carbocycles. The maximum absolute atomic E-state index is 2.72. The predicted molar refractivity (Wildman–Crippen MR) is 63.4 cm³/mol. The van der Waals surface area contributed by atoms with Crippen molar-refractivity contribution in [2.75, 3.05) is 13.1 Å². The Kier molecular flexibility index (Phi) is 4.43. The van der Waals surface area contributed by atoms with Crippen LogP contribution in [-0.4, -0.2) is 24.0 Å². The van der Waals surface area contributed by atoms with Crippen LogP contribution in [0.2, 0.25) is 0 Å². The molecule has 4 atom stereocenters. The smallest absolute Gasteiger partial charge is 0.0124 e. The third-order valence-corrected chi connectivity index (χ3v) is 4.10. The molecule has 2 aliphatic heterocycles. The van der Waals surface area contributed by atoms with Crippen molar-refractivity contribution in [1.82, 2.24) is 4.90 Å². The molecule has 1 nitrogen and oxygen atoms in total. The van der Waals surface area contributed by atoms with Gasteiger partial charge in [-0.15, -0.1) is 0 Å². The molecule has 0 bridgehead atoms. The average Bonchev–Trinajstić information content (AvgIpc) is 2.53. The molecule has 14 heavy (non-hydrogen) atoms. The molecule has 0 unspecified atom stereocenters. The Bertz CT molecular complexity index is 167. The minimum absolute atomic E-state index is 0.923. The summed E-state index contributed by atoms with van der Waals surface area (Å²) in [6, 6.07) is 0.927. The van der Waals surface area contributed by atoms with Crippen LogP contribution in [0.1, 0.15) is 47.5 Å². The Hall–Kier alpha value is -0.0400. The lowest BCUT2D eigenvalue weighted by molar-refractivity contribution is 0.0960. The van der Waals surface area contributed by atoms with Crippen molar-refractivity contribution in [3.8, 4) is 0 Å². The quantitative estimate of drug-likeness (QED) is 0.575. The molecule has 0 radical (unpaired) electrons. The van der Waals surface area contributed by atoms with E-state index in [1.165, 1.54) is 25.9 Å². The highest BCUT2D eigenvalue weighted by Crippen LogP contribution is 2.36. The fourth-order valence-corrected chi connectivity index (χ4v) is 2.86. The van der Waals surface area contributed by atoms with Gasteiger partial charge in [0, 0.05) is 12.6 Å². The number of nitrogens with zero attached hydrogens (tertiary/aromatic N) is 1. The van der Waals surface area contributed by atoms with Crippen LogP contribution in [0.5, 0.6) is 0 Å². The van der Waals surface area contributed by atoms with Gasteiger partial charge in [0.1, 0.15) is 0 Å². The van der Waals surface area contributed by atoms with Gasteiger partial charge in [-0.3, -0.25) is 4.90 Å². The van der Waals surface area contributed by atoms with E-state index in [0.29, 0.717) is 0 Å². The second-order valence-electron chi connectivity index (χ2n) is 5.02. The standard InChI is InChI=1S/C11H21N.C2H6/c1-8-4-5-12-7-10(3)9(2)6-11(8)12;1-2/h8-11H,4-7H2,1-3H3;1-2H3/t8-,9-,10-,11-;/m0./s1. The van der Waals surface area contributed by atoms with Gasteiger partial charge in [-0.2, -0.15) is 0 Å². The van der Waals surface area contributed by atoms with Crippen molar-refractivity contribution in [2.24, 2.45) is 17.8 Å². The monoisotopic (exact) mass is 197 g/mol. The van der Waals surface area contributed by atoms with Crippen LogP contribution in [0.15, 0.2) is 0 Å². The summed E-state index contributed by atoms with van der Waals surface area (Å²) < 4.78 is 0. The number of fused-ring (bicyclic) bond motifs is 1. The fourth-order valence-electron chi connectivity index (χ4n) is 2.86. The zero-order chi connectivity index (χ0) is 10.7. The van der Waals surface area contributed by atoms with E-state index in [9.17, 15) is 0 Å². The molecule has 0 spiro atoms. The van der Waals surface area contributed by atoms with Gasteiger partial charge in [0.25, 0.3) is 0 Å². The molecular weight excluding hydrogens is 170 g/mol. The Labute approximate surface area is 89.9 Å². The van der Waals surface area contributed by atoms with Gasteiger partial charge in [-0.05, 0) is 37.1 Å². The molecule has 0 amide bonds. The van der Waals surface area contributed by atoms with Gasteiger partial charge >= 0.3 is 0 Å². The van der Waals surface area contributed by atoms with Gasteiger partial charge in [-0.1, -0.05) is 34.6 Å². The summed E-state index contributed by atoms with van der Waals surface area (Å²) in [5, 5.41) is 0. The summed E-state index contributed by atoms with van der Waals surface area (Å²) in [7, 11) is 0. The molecule has 0 aromatic heterocycles. The molecule has 0 N–H and O–H groups in total. The molecule has 2 aliphatic rings. The lowest BCUT2D eigenvalue weighted by Crippen LogP contribution is -2.43. The largest absolute Gasteiger partial charge is 0.300 e. The zero-order valence-corrected chi connectivity index (χ0v) is 10.6. The first-order chi connectivity index (χ1) is 6.68. The van der Waals surface area contributed by atoms with E-state index in [1.807, 2.05) is 13.8 Å². The molecule has 0 saturated carbocycles. The third kappa shape index (κ3) is 2.31. The predicted octanol–water partition coefficient (Wildman–Crippen LogP) is 3.40. The molecule has 84 valence electrons. The average molecular weight is 197 g/mol. The van der Waals surface area contributed by atoms with Gasteiger partial charge < -0.3 is 0 Å². The zero-order valence-electron chi connectivity index (χ0n) is 10.6. The first-order valence-corrected chi connectivity index (χ1v) is 6.42. The Morgan fingerprint density at radius 3 is 2.21 bits per heavy atom. The van der Waals surface area contributed by atoms with Crippen molar-refractivity contribution in [2.45, 2.75) is 53.5 Å². The van der Waals surface area contributed by atoms with Gasteiger partial charge in [0.2, 0.25) is 0 Å². The van der Waals surface area contributed by atoms with Crippen molar-refractivity contribution in [3.05, 3.63) is 0 Å². The normalized spacial score (nSPS) is 42.6. The minimum atomic E-state index is 0.923. The SMILES string of the molecule is CC.C[C@H]1C[C@H]2[C@@H](C)CCN2C[C@@H]1C. The summed E-state index contributed by atoms with van der Waals surface area (Å²) in [6.45, 7) is 14.0. The first-order valence-electron chi connectivity index (χ1n) is 6.42. The highest BCUT2D eigenvalue weighted by atomic mass is 15.2. The molecule has 2 saturated heterocycles. The van der Waals surface area contributed by atoms with Crippen molar-refractivity contribution >= 4 is 0 Å². The van der Waals surface area contributed by atoms with Crippen molar-refractivity contribution in [3.63, 3.8) is 0 Å². The van der Waals surface area contributed by atoms with E-state index in [1.54, 1.807) is 0 Å². The number of hydrogen-bond acceptors (Lipinski definition) is 1. The molecule has 0 aromatic rings. The number of hydrogen-bond donors (Lipinski definition) is 0. The van der Waals surface area contributed by atoms with E-state index < -0.39 is 0 Å². The fraction of sp³-hybridized carbons (Fsp3) is 1.00. The molecule has 2 rings (SSSR count). The maximum Gasteiger partial charge on any atom is 0.0124 e.